The van der Waals surface area contributed by atoms with E-state index in [0.29, 0.717) is 11.4 Å². The number of nitriles is 1. The molecule has 0 radical (unpaired) electrons. The van der Waals surface area contributed by atoms with Crippen LogP contribution in [0.2, 0.25) is 0 Å². The van der Waals surface area contributed by atoms with E-state index in [-0.39, 0.29) is 23.6 Å². The van der Waals surface area contributed by atoms with Gasteiger partial charge in [-0.1, -0.05) is 0 Å². The third-order valence-electron chi connectivity index (χ3n) is 6.26. The van der Waals surface area contributed by atoms with E-state index in [1.807, 2.05) is 23.9 Å². The molecule has 1 amide bonds. The van der Waals surface area contributed by atoms with Gasteiger partial charge in [0.2, 0.25) is 0 Å². The van der Waals surface area contributed by atoms with E-state index in [1.54, 1.807) is 18.0 Å². The molecule has 0 bridgehead atoms. The Morgan fingerprint density at radius 2 is 2.39 bits per heavy atom. The maximum Gasteiger partial charge on any atom is 0.270 e. The Balaban J connectivity index is 1.47. The fourth-order valence-electron chi connectivity index (χ4n) is 4.76. The van der Waals surface area contributed by atoms with Crippen molar-refractivity contribution >= 4 is 17.2 Å². The van der Waals surface area contributed by atoms with Crippen molar-refractivity contribution in [2.45, 2.75) is 49.9 Å². The number of carbonyl (C=O) groups excluding carboxylic acids is 1. The molecular formula is C20H25N5O2S. The van der Waals surface area contributed by atoms with Gasteiger partial charge in [-0.2, -0.15) is 5.26 Å². The summed E-state index contributed by atoms with van der Waals surface area (Å²) < 4.78 is 7.89. The van der Waals surface area contributed by atoms with Gasteiger partial charge in [0.1, 0.15) is 17.5 Å². The van der Waals surface area contributed by atoms with Gasteiger partial charge in [0.25, 0.3) is 5.91 Å². The van der Waals surface area contributed by atoms with Crippen molar-refractivity contribution in [1.82, 2.24) is 19.8 Å². The number of carbonyl (C=O) groups is 1. The Labute approximate surface area is 168 Å². The second kappa shape index (κ2) is 7.66. The number of likely N-dealkylation sites (tertiary alicyclic amines) is 1. The molecule has 1 N–H and O–H groups in total. The normalized spacial score (nSPS) is 27.3. The predicted molar refractivity (Wildman–Crippen MR) is 106 cm³/mol. The van der Waals surface area contributed by atoms with Crippen LogP contribution in [0.15, 0.2) is 23.2 Å². The van der Waals surface area contributed by atoms with Gasteiger partial charge in [-0.25, -0.2) is 4.98 Å². The Morgan fingerprint density at radius 1 is 1.54 bits per heavy atom. The van der Waals surface area contributed by atoms with E-state index in [2.05, 4.69) is 21.3 Å². The number of fused-ring (bicyclic) bond motifs is 1. The van der Waals surface area contributed by atoms with Crippen molar-refractivity contribution in [1.29, 1.82) is 5.26 Å². The lowest BCUT2D eigenvalue weighted by Crippen LogP contribution is -2.54. The quantitative estimate of drug-likeness (QED) is 0.834. The second-order valence-corrected chi connectivity index (χ2v) is 8.50. The molecule has 2 aliphatic rings. The van der Waals surface area contributed by atoms with Crippen LogP contribution in [0.1, 0.15) is 47.4 Å². The van der Waals surface area contributed by atoms with Crippen LogP contribution in [-0.2, 0) is 18.3 Å². The number of hydrogen-bond donors (Lipinski definition) is 1. The van der Waals surface area contributed by atoms with E-state index in [4.69, 9.17) is 4.74 Å². The molecule has 0 spiro atoms. The molecule has 1 aliphatic heterocycles. The minimum atomic E-state index is -0.144. The standard InChI is InChI=1S/C20H25N5O2S/c1-24-10-14(7-16(24)9-21)11-25-6-5-20(27-2)4-3-15(8-18(20)25)23-19(26)17-12-28-13-22-17/h7,10,12-13,15,18H,3-6,8,11H2,1-2H3,(H,23,26)/t15-,18+,20-/m1/s1. The number of ether oxygens (including phenoxy) is 1. The Kier molecular flexibility index (Phi) is 5.23. The number of thiazole rings is 1. The lowest BCUT2D eigenvalue weighted by atomic mass is 9.78. The van der Waals surface area contributed by atoms with Crippen LogP contribution < -0.4 is 5.32 Å². The van der Waals surface area contributed by atoms with E-state index in [0.717, 1.165) is 44.3 Å². The van der Waals surface area contributed by atoms with Gasteiger partial charge in [-0.3, -0.25) is 9.69 Å². The highest BCUT2D eigenvalue weighted by Gasteiger charge is 2.51. The van der Waals surface area contributed by atoms with Crippen molar-refractivity contribution in [3.8, 4) is 6.07 Å². The summed E-state index contributed by atoms with van der Waals surface area (Å²) in [5.41, 5.74) is 3.84. The molecule has 7 nitrogen and oxygen atoms in total. The number of nitrogens with one attached hydrogen (secondary N) is 1. The van der Waals surface area contributed by atoms with Crippen LogP contribution in [-0.4, -0.2) is 51.7 Å². The van der Waals surface area contributed by atoms with Crippen LogP contribution >= 0.6 is 11.3 Å². The molecule has 1 aliphatic carbocycles. The number of aromatic nitrogens is 2. The summed E-state index contributed by atoms with van der Waals surface area (Å²) >= 11 is 1.43. The highest BCUT2D eigenvalue weighted by Crippen LogP contribution is 2.43. The molecule has 3 atom stereocenters. The lowest BCUT2D eigenvalue weighted by Gasteiger charge is -2.44. The molecule has 2 aromatic heterocycles. The summed E-state index contributed by atoms with van der Waals surface area (Å²) in [6.07, 6.45) is 5.74. The summed E-state index contributed by atoms with van der Waals surface area (Å²) in [6, 6.07) is 4.55. The van der Waals surface area contributed by atoms with E-state index in [1.165, 1.54) is 11.3 Å². The van der Waals surface area contributed by atoms with Gasteiger partial charge in [-0.15, -0.1) is 11.3 Å². The largest absolute Gasteiger partial charge is 0.377 e. The van der Waals surface area contributed by atoms with Gasteiger partial charge in [0, 0.05) is 50.9 Å². The van der Waals surface area contributed by atoms with Crippen molar-refractivity contribution < 1.29 is 9.53 Å². The number of hydrogen-bond acceptors (Lipinski definition) is 6. The van der Waals surface area contributed by atoms with Crippen molar-refractivity contribution in [3.63, 3.8) is 0 Å². The number of amides is 1. The molecule has 28 heavy (non-hydrogen) atoms. The fourth-order valence-corrected chi connectivity index (χ4v) is 5.29. The molecule has 8 heteroatoms. The number of nitrogens with zero attached hydrogens (tertiary/aromatic N) is 4. The Hall–Kier alpha value is -2.21. The molecular weight excluding hydrogens is 374 g/mol. The van der Waals surface area contributed by atoms with Gasteiger partial charge in [0.05, 0.1) is 11.1 Å². The van der Waals surface area contributed by atoms with Crippen LogP contribution in [0.5, 0.6) is 0 Å². The number of rotatable bonds is 5. The summed E-state index contributed by atoms with van der Waals surface area (Å²) in [5, 5.41) is 14.1. The van der Waals surface area contributed by atoms with Crippen molar-refractivity contribution in [2.75, 3.05) is 13.7 Å². The highest BCUT2D eigenvalue weighted by atomic mass is 32.1. The first-order chi connectivity index (χ1) is 13.5. The van der Waals surface area contributed by atoms with Crippen LogP contribution in [0.4, 0.5) is 0 Å². The van der Waals surface area contributed by atoms with Crippen LogP contribution in [0.3, 0.4) is 0 Å². The predicted octanol–water partition coefficient (Wildman–Crippen LogP) is 2.30. The van der Waals surface area contributed by atoms with Crippen LogP contribution in [0.25, 0.3) is 0 Å². The average molecular weight is 400 g/mol. The maximum absolute atomic E-state index is 12.4. The maximum atomic E-state index is 12.4. The van der Waals surface area contributed by atoms with Crippen molar-refractivity contribution in [3.05, 3.63) is 40.1 Å². The van der Waals surface area contributed by atoms with E-state index < -0.39 is 0 Å². The zero-order valence-electron chi connectivity index (χ0n) is 16.2. The zero-order valence-corrected chi connectivity index (χ0v) is 17.0. The summed E-state index contributed by atoms with van der Waals surface area (Å²) in [5.74, 6) is -0.0950. The summed E-state index contributed by atoms with van der Waals surface area (Å²) in [7, 11) is 3.71. The minimum absolute atomic E-state index is 0.0950. The SMILES string of the molecule is CO[C@@]12CC[C@@H](NC(=O)c3cscn3)C[C@@H]1N(Cc1cc(C#N)n(C)c1)CC2. The summed E-state index contributed by atoms with van der Waals surface area (Å²) in [6.45, 7) is 1.75. The molecule has 3 heterocycles. The lowest BCUT2D eigenvalue weighted by molar-refractivity contribution is -0.0677. The van der Waals surface area contributed by atoms with Crippen molar-refractivity contribution in [2.24, 2.45) is 7.05 Å². The molecule has 0 aromatic carbocycles. The first-order valence-corrected chi connectivity index (χ1v) is 10.5. The van der Waals surface area contributed by atoms with Gasteiger partial charge < -0.3 is 14.6 Å². The smallest absolute Gasteiger partial charge is 0.270 e. The zero-order chi connectivity index (χ0) is 19.7. The number of methoxy groups -OCH3 is 1. The fraction of sp³-hybridized carbons (Fsp3) is 0.550. The number of aryl methyl sites for hydroxylation is 1. The molecule has 4 rings (SSSR count). The topological polar surface area (TPSA) is 83.2 Å². The van der Waals surface area contributed by atoms with E-state index in [9.17, 15) is 10.1 Å². The monoisotopic (exact) mass is 399 g/mol. The highest BCUT2D eigenvalue weighted by molar-refractivity contribution is 7.07. The molecule has 2 aromatic rings. The molecule has 1 saturated heterocycles. The third kappa shape index (κ3) is 3.46. The first kappa shape index (κ1) is 19.1. The summed E-state index contributed by atoms with van der Waals surface area (Å²) in [4.78, 5) is 19.0. The molecule has 2 fully saturated rings. The van der Waals surface area contributed by atoms with Gasteiger partial charge in [-0.05, 0) is 37.3 Å². The van der Waals surface area contributed by atoms with Gasteiger partial charge in [0.15, 0.2) is 0 Å². The third-order valence-corrected chi connectivity index (χ3v) is 6.85. The van der Waals surface area contributed by atoms with Gasteiger partial charge >= 0.3 is 0 Å². The Morgan fingerprint density at radius 3 is 3.07 bits per heavy atom. The Bertz CT molecular complexity index is 887. The van der Waals surface area contributed by atoms with E-state index >= 15 is 0 Å². The average Bonchev–Trinajstić information content (AvgIpc) is 3.42. The second-order valence-electron chi connectivity index (χ2n) is 7.78. The minimum Gasteiger partial charge on any atom is -0.377 e. The van der Waals surface area contributed by atoms with Crippen LogP contribution in [0, 0.1) is 11.3 Å². The first-order valence-electron chi connectivity index (χ1n) is 9.58. The molecule has 148 valence electrons. The molecule has 0 unspecified atom stereocenters. The molecule has 1 saturated carbocycles.